The Kier molecular flexibility index (Phi) is 5.15. The number of hydrogen-bond acceptors (Lipinski definition) is 4. The Labute approximate surface area is 134 Å². The van der Waals surface area contributed by atoms with Crippen LogP contribution in [0.4, 0.5) is 0 Å². The topological polar surface area (TPSA) is 102 Å². The molecule has 1 amide bonds. The Morgan fingerprint density at radius 3 is 2.70 bits per heavy atom. The summed E-state index contributed by atoms with van der Waals surface area (Å²) in [5.41, 5.74) is 2.14. The van der Waals surface area contributed by atoms with Gasteiger partial charge in [-0.2, -0.15) is 10.2 Å². The number of carboxylic acids is 1. The fourth-order valence-electron chi connectivity index (χ4n) is 2.27. The molecule has 23 heavy (non-hydrogen) atoms. The average molecular weight is 319 g/mol. The summed E-state index contributed by atoms with van der Waals surface area (Å²) in [6.45, 7) is 6.88. The van der Waals surface area contributed by atoms with E-state index >= 15 is 0 Å². The Morgan fingerprint density at radius 2 is 2.13 bits per heavy atom. The van der Waals surface area contributed by atoms with Crippen LogP contribution >= 0.6 is 0 Å². The van der Waals surface area contributed by atoms with Gasteiger partial charge in [-0.25, -0.2) is 4.79 Å². The molecule has 0 radical (unpaired) electrons. The van der Waals surface area contributed by atoms with E-state index in [1.54, 1.807) is 6.92 Å². The fraction of sp³-hybridized carbons (Fsp3) is 0.467. The molecule has 2 aromatic heterocycles. The zero-order valence-corrected chi connectivity index (χ0v) is 13.5. The van der Waals surface area contributed by atoms with Crippen molar-refractivity contribution in [1.29, 1.82) is 0 Å². The molecular formula is C15H21N5O3. The van der Waals surface area contributed by atoms with Crippen LogP contribution in [0.1, 0.15) is 41.1 Å². The molecule has 1 unspecified atom stereocenters. The second-order valence-corrected chi connectivity index (χ2v) is 5.48. The van der Waals surface area contributed by atoms with Crippen LogP contribution in [0.2, 0.25) is 0 Å². The van der Waals surface area contributed by atoms with Crippen molar-refractivity contribution < 1.29 is 14.7 Å². The first-order valence-electron chi connectivity index (χ1n) is 7.44. The van der Waals surface area contributed by atoms with Gasteiger partial charge in [0.15, 0.2) is 0 Å². The van der Waals surface area contributed by atoms with Gasteiger partial charge in [0.1, 0.15) is 6.04 Å². The highest BCUT2D eigenvalue weighted by atomic mass is 16.4. The van der Waals surface area contributed by atoms with Crippen LogP contribution in [0.25, 0.3) is 0 Å². The number of carbonyl (C=O) groups excluding carboxylic acids is 1. The number of aromatic carboxylic acids is 1. The molecule has 2 heterocycles. The number of aromatic nitrogens is 4. The summed E-state index contributed by atoms with van der Waals surface area (Å²) in [6.07, 6.45) is 3.34. The van der Waals surface area contributed by atoms with Gasteiger partial charge in [-0.3, -0.25) is 14.2 Å². The molecule has 0 aliphatic rings. The van der Waals surface area contributed by atoms with E-state index in [4.69, 9.17) is 5.11 Å². The number of rotatable bonds is 7. The SMILES string of the molecule is Cc1cc(C)n(CCCNC(=O)C(C)n2cc(C(=O)O)cn2)n1. The molecule has 8 heteroatoms. The highest BCUT2D eigenvalue weighted by Gasteiger charge is 2.17. The number of nitrogens with zero attached hydrogens (tertiary/aromatic N) is 4. The first-order chi connectivity index (χ1) is 10.9. The number of carbonyl (C=O) groups is 2. The summed E-state index contributed by atoms with van der Waals surface area (Å²) in [7, 11) is 0. The van der Waals surface area contributed by atoms with Gasteiger partial charge in [0.05, 0.1) is 17.5 Å². The molecule has 8 nitrogen and oxygen atoms in total. The molecule has 1 atom stereocenters. The number of carboxylic acid groups (broad SMARTS) is 1. The maximum atomic E-state index is 12.1. The van der Waals surface area contributed by atoms with E-state index in [2.05, 4.69) is 15.5 Å². The first kappa shape index (κ1) is 16.7. The normalized spacial score (nSPS) is 12.1. The van der Waals surface area contributed by atoms with E-state index in [0.29, 0.717) is 6.54 Å². The summed E-state index contributed by atoms with van der Waals surface area (Å²) >= 11 is 0. The van der Waals surface area contributed by atoms with E-state index < -0.39 is 12.0 Å². The summed E-state index contributed by atoms with van der Waals surface area (Å²) < 4.78 is 3.26. The minimum atomic E-state index is -1.06. The largest absolute Gasteiger partial charge is 0.478 e. The van der Waals surface area contributed by atoms with Crippen molar-refractivity contribution in [1.82, 2.24) is 24.9 Å². The zero-order chi connectivity index (χ0) is 17.0. The van der Waals surface area contributed by atoms with Gasteiger partial charge in [0, 0.05) is 25.0 Å². The van der Waals surface area contributed by atoms with Crippen molar-refractivity contribution >= 4 is 11.9 Å². The van der Waals surface area contributed by atoms with E-state index in [1.165, 1.54) is 17.1 Å². The van der Waals surface area contributed by atoms with Gasteiger partial charge in [0.25, 0.3) is 0 Å². The molecule has 2 N–H and O–H groups in total. The van der Waals surface area contributed by atoms with Crippen molar-refractivity contribution in [2.45, 2.75) is 39.8 Å². The second kappa shape index (κ2) is 7.08. The number of aryl methyl sites for hydroxylation is 3. The smallest absolute Gasteiger partial charge is 0.338 e. The minimum Gasteiger partial charge on any atom is -0.478 e. The molecule has 0 aliphatic carbocycles. The lowest BCUT2D eigenvalue weighted by Crippen LogP contribution is -2.32. The van der Waals surface area contributed by atoms with Crippen molar-refractivity contribution in [2.24, 2.45) is 0 Å². The highest BCUT2D eigenvalue weighted by Crippen LogP contribution is 2.07. The molecular weight excluding hydrogens is 298 g/mol. The van der Waals surface area contributed by atoms with Crippen LogP contribution in [-0.2, 0) is 11.3 Å². The molecule has 2 aromatic rings. The molecule has 0 saturated heterocycles. The lowest BCUT2D eigenvalue weighted by molar-refractivity contribution is -0.124. The maximum absolute atomic E-state index is 12.1. The van der Waals surface area contributed by atoms with Gasteiger partial charge in [0.2, 0.25) is 5.91 Å². The standard InChI is InChI=1S/C15H21N5O3/c1-10-7-11(2)19(18-10)6-4-5-16-14(21)12(3)20-9-13(8-17-20)15(22)23/h7-9,12H,4-6H2,1-3H3,(H,16,21)(H,22,23). The Bertz CT molecular complexity index is 704. The van der Waals surface area contributed by atoms with Gasteiger partial charge in [-0.1, -0.05) is 0 Å². The third-order valence-electron chi connectivity index (χ3n) is 3.57. The quantitative estimate of drug-likeness (QED) is 0.746. The molecule has 0 aliphatic heterocycles. The lowest BCUT2D eigenvalue weighted by atomic mass is 10.3. The Morgan fingerprint density at radius 1 is 1.39 bits per heavy atom. The minimum absolute atomic E-state index is 0.0641. The molecule has 0 fully saturated rings. The number of amides is 1. The van der Waals surface area contributed by atoms with Gasteiger partial charge < -0.3 is 10.4 Å². The number of nitrogens with one attached hydrogen (secondary N) is 1. The van der Waals surface area contributed by atoms with Crippen LogP contribution in [0.5, 0.6) is 0 Å². The Hall–Kier alpha value is -2.64. The van der Waals surface area contributed by atoms with Gasteiger partial charge >= 0.3 is 5.97 Å². The second-order valence-electron chi connectivity index (χ2n) is 5.48. The molecule has 0 bridgehead atoms. The van der Waals surface area contributed by atoms with E-state index in [-0.39, 0.29) is 11.5 Å². The fourth-order valence-corrected chi connectivity index (χ4v) is 2.27. The van der Waals surface area contributed by atoms with Crippen LogP contribution in [-0.4, -0.2) is 43.1 Å². The molecule has 0 spiro atoms. The maximum Gasteiger partial charge on any atom is 0.338 e. The highest BCUT2D eigenvalue weighted by molar-refractivity contribution is 5.87. The lowest BCUT2D eigenvalue weighted by Gasteiger charge is -2.12. The monoisotopic (exact) mass is 319 g/mol. The summed E-state index contributed by atoms with van der Waals surface area (Å²) in [5, 5.41) is 20.0. The average Bonchev–Trinajstić information content (AvgIpc) is 3.09. The summed E-state index contributed by atoms with van der Waals surface area (Å²) in [4.78, 5) is 22.9. The summed E-state index contributed by atoms with van der Waals surface area (Å²) in [6, 6.07) is 1.45. The Balaban J connectivity index is 1.79. The predicted octanol–water partition coefficient (Wildman–Crippen LogP) is 1.16. The van der Waals surface area contributed by atoms with E-state index in [9.17, 15) is 9.59 Å². The van der Waals surface area contributed by atoms with Crippen LogP contribution in [0, 0.1) is 13.8 Å². The molecule has 2 rings (SSSR count). The zero-order valence-electron chi connectivity index (χ0n) is 13.5. The van der Waals surface area contributed by atoms with E-state index in [0.717, 1.165) is 24.4 Å². The van der Waals surface area contributed by atoms with Crippen molar-refractivity contribution in [3.05, 3.63) is 35.4 Å². The number of hydrogen-bond donors (Lipinski definition) is 2. The third kappa shape index (κ3) is 4.18. The van der Waals surface area contributed by atoms with Crippen molar-refractivity contribution in [3.8, 4) is 0 Å². The van der Waals surface area contributed by atoms with Crippen LogP contribution in [0.3, 0.4) is 0 Å². The molecule has 0 aromatic carbocycles. The third-order valence-corrected chi connectivity index (χ3v) is 3.57. The van der Waals surface area contributed by atoms with Crippen molar-refractivity contribution in [3.63, 3.8) is 0 Å². The van der Waals surface area contributed by atoms with Crippen LogP contribution < -0.4 is 5.32 Å². The summed E-state index contributed by atoms with van der Waals surface area (Å²) in [5.74, 6) is -1.26. The first-order valence-corrected chi connectivity index (χ1v) is 7.44. The van der Waals surface area contributed by atoms with Gasteiger partial charge in [-0.15, -0.1) is 0 Å². The van der Waals surface area contributed by atoms with Gasteiger partial charge in [-0.05, 0) is 33.3 Å². The molecule has 0 saturated carbocycles. The molecule has 124 valence electrons. The van der Waals surface area contributed by atoms with Crippen LogP contribution in [0.15, 0.2) is 18.5 Å². The van der Waals surface area contributed by atoms with E-state index in [1.807, 2.05) is 24.6 Å². The van der Waals surface area contributed by atoms with Crippen molar-refractivity contribution in [2.75, 3.05) is 6.54 Å². The predicted molar refractivity (Wildman–Crippen MR) is 83.2 cm³/mol.